The number of ketones is 1. The fraction of sp³-hybridized carbons (Fsp3) is 0.731. The maximum Gasteiger partial charge on any atom is 0.192 e. The molecule has 0 saturated heterocycles. The molecule has 0 heterocycles. The van der Waals surface area contributed by atoms with Crippen LogP contribution in [0.15, 0.2) is 35.5 Å². The summed E-state index contributed by atoms with van der Waals surface area (Å²) in [6, 6.07) is 0. The standard InChI is InChI=1S/C26H44O2Si/c1-17(2)22-16-21-15-14-18(3)12-11-13-19(4)25(23(22)24(27)20(21)5)28-29(9,10)26(6,7)8/h13-14,20-23,25H,1,11-12,15-16H2,2-10H3/b18-14+,19-13+/t20-,21-,22+,23+,25-/m0/s1. The van der Waals surface area contributed by atoms with Gasteiger partial charge < -0.3 is 4.43 Å². The molecule has 3 aliphatic carbocycles. The first-order valence-electron chi connectivity index (χ1n) is 11.5. The lowest BCUT2D eigenvalue weighted by atomic mass is 9.62. The zero-order chi connectivity index (χ0) is 22.1. The third-order valence-electron chi connectivity index (χ3n) is 7.88. The van der Waals surface area contributed by atoms with Gasteiger partial charge >= 0.3 is 0 Å². The average molecular weight is 417 g/mol. The molecular formula is C26H44O2Si. The molecule has 0 radical (unpaired) electrons. The fourth-order valence-corrected chi connectivity index (χ4v) is 5.94. The van der Waals surface area contributed by atoms with Crippen molar-refractivity contribution in [3.8, 4) is 0 Å². The van der Waals surface area contributed by atoms with Crippen molar-refractivity contribution in [2.24, 2.45) is 23.7 Å². The number of carbonyl (C=O) groups is 1. The summed E-state index contributed by atoms with van der Waals surface area (Å²) in [4.78, 5) is 13.8. The summed E-state index contributed by atoms with van der Waals surface area (Å²) < 4.78 is 7.01. The van der Waals surface area contributed by atoms with Gasteiger partial charge in [-0.1, -0.05) is 57.6 Å². The monoisotopic (exact) mass is 416 g/mol. The van der Waals surface area contributed by atoms with Crippen LogP contribution < -0.4 is 0 Å². The van der Waals surface area contributed by atoms with Crippen LogP contribution in [0, 0.1) is 23.7 Å². The van der Waals surface area contributed by atoms with E-state index in [1.165, 1.54) is 11.1 Å². The van der Waals surface area contributed by atoms with Crippen LogP contribution in [-0.2, 0) is 9.22 Å². The van der Waals surface area contributed by atoms with Gasteiger partial charge in [-0.3, -0.25) is 4.79 Å². The summed E-state index contributed by atoms with van der Waals surface area (Å²) in [7, 11) is -2.03. The summed E-state index contributed by atoms with van der Waals surface area (Å²) in [6.07, 6.45) is 8.73. The zero-order valence-corrected chi connectivity index (χ0v) is 21.4. The number of fused-ring (bicyclic) bond motifs is 7. The Morgan fingerprint density at radius 3 is 2.38 bits per heavy atom. The second kappa shape index (κ2) is 9.06. The second-order valence-electron chi connectivity index (χ2n) is 11.2. The van der Waals surface area contributed by atoms with Crippen molar-refractivity contribution in [3.63, 3.8) is 0 Å². The van der Waals surface area contributed by atoms with Gasteiger partial charge in [0.1, 0.15) is 5.78 Å². The molecule has 3 heteroatoms. The molecule has 2 nitrogen and oxygen atoms in total. The molecule has 0 N–H and O–H groups in total. The number of rotatable bonds is 3. The highest BCUT2D eigenvalue weighted by Crippen LogP contribution is 2.46. The molecule has 0 aromatic heterocycles. The van der Waals surface area contributed by atoms with Crippen molar-refractivity contribution in [2.75, 3.05) is 0 Å². The maximum absolute atomic E-state index is 13.8. The quantitative estimate of drug-likeness (QED) is 0.352. The number of allylic oxidation sites excluding steroid dienone is 4. The van der Waals surface area contributed by atoms with E-state index >= 15 is 0 Å². The van der Waals surface area contributed by atoms with Gasteiger partial charge in [-0.25, -0.2) is 0 Å². The van der Waals surface area contributed by atoms with E-state index in [-0.39, 0.29) is 28.9 Å². The smallest absolute Gasteiger partial charge is 0.192 e. The lowest BCUT2D eigenvalue weighted by Gasteiger charge is -2.47. The van der Waals surface area contributed by atoms with Crippen molar-refractivity contribution in [1.82, 2.24) is 0 Å². The van der Waals surface area contributed by atoms with Gasteiger partial charge in [-0.15, -0.1) is 0 Å². The van der Waals surface area contributed by atoms with E-state index in [0.717, 1.165) is 31.3 Å². The number of hydrogen-bond donors (Lipinski definition) is 0. The Labute approximate surface area is 181 Å². The van der Waals surface area contributed by atoms with Crippen LogP contribution in [0.5, 0.6) is 0 Å². The van der Waals surface area contributed by atoms with Crippen molar-refractivity contribution >= 4 is 14.1 Å². The first kappa shape index (κ1) is 24.3. The molecule has 2 bridgehead atoms. The molecule has 1 saturated carbocycles. The molecule has 3 aliphatic rings. The molecule has 0 amide bonds. The summed E-state index contributed by atoms with van der Waals surface area (Å²) in [5.41, 5.74) is 3.80. The van der Waals surface area contributed by atoms with E-state index in [4.69, 9.17) is 4.43 Å². The van der Waals surface area contributed by atoms with Crippen molar-refractivity contribution in [2.45, 2.75) is 98.4 Å². The van der Waals surface area contributed by atoms with Crippen LogP contribution in [-0.4, -0.2) is 20.2 Å². The molecule has 164 valence electrons. The molecule has 0 aromatic carbocycles. The van der Waals surface area contributed by atoms with Crippen LogP contribution in [0.4, 0.5) is 0 Å². The molecule has 29 heavy (non-hydrogen) atoms. The third-order valence-corrected chi connectivity index (χ3v) is 12.3. The number of Topliss-reactive ketones (excluding diaryl/α,β-unsaturated/α-hetero) is 1. The topological polar surface area (TPSA) is 26.3 Å². The van der Waals surface area contributed by atoms with E-state index in [1.807, 2.05) is 0 Å². The van der Waals surface area contributed by atoms with Crippen LogP contribution in [0.2, 0.25) is 18.1 Å². The van der Waals surface area contributed by atoms with Crippen LogP contribution in [0.1, 0.15) is 74.1 Å². The van der Waals surface area contributed by atoms with Crippen molar-refractivity contribution < 1.29 is 9.22 Å². The van der Waals surface area contributed by atoms with Gasteiger partial charge in [0.25, 0.3) is 0 Å². The Balaban J connectivity index is 2.58. The molecule has 0 aromatic rings. The molecule has 0 unspecified atom stereocenters. The molecule has 0 aliphatic heterocycles. The fourth-order valence-electron chi connectivity index (χ4n) is 4.62. The van der Waals surface area contributed by atoms with Crippen LogP contribution >= 0.6 is 0 Å². The predicted octanol–water partition coefficient (Wildman–Crippen LogP) is 7.49. The normalized spacial score (nSPS) is 35.8. The van der Waals surface area contributed by atoms with E-state index in [0.29, 0.717) is 11.7 Å². The highest BCUT2D eigenvalue weighted by Gasteiger charge is 2.49. The number of hydrogen-bond acceptors (Lipinski definition) is 2. The Morgan fingerprint density at radius 2 is 1.83 bits per heavy atom. The first-order chi connectivity index (χ1) is 13.3. The molecule has 1 fully saturated rings. The summed E-state index contributed by atoms with van der Waals surface area (Å²) >= 11 is 0. The van der Waals surface area contributed by atoms with Gasteiger partial charge in [0.2, 0.25) is 0 Å². The Morgan fingerprint density at radius 1 is 1.21 bits per heavy atom. The Bertz CT molecular complexity index is 692. The minimum absolute atomic E-state index is 0.0809. The maximum atomic E-state index is 13.8. The predicted molar refractivity (Wildman–Crippen MR) is 128 cm³/mol. The van der Waals surface area contributed by atoms with Gasteiger partial charge in [0.05, 0.1) is 12.0 Å². The van der Waals surface area contributed by atoms with E-state index in [1.54, 1.807) is 0 Å². The van der Waals surface area contributed by atoms with Gasteiger partial charge in [-0.2, -0.15) is 0 Å². The highest BCUT2D eigenvalue weighted by atomic mass is 28.4. The van der Waals surface area contributed by atoms with Crippen molar-refractivity contribution in [1.29, 1.82) is 0 Å². The van der Waals surface area contributed by atoms with E-state index in [9.17, 15) is 4.79 Å². The summed E-state index contributed by atoms with van der Waals surface area (Å²) in [5.74, 6) is 0.978. The Kier molecular flexibility index (Phi) is 7.60. The lowest BCUT2D eigenvalue weighted by molar-refractivity contribution is -0.136. The minimum atomic E-state index is -2.03. The van der Waals surface area contributed by atoms with Gasteiger partial charge in [0.15, 0.2) is 8.32 Å². The lowest BCUT2D eigenvalue weighted by Crippen LogP contribution is -2.52. The second-order valence-corrected chi connectivity index (χ2v) is 16.0. The molecular weight excluding hydrogens is 372 g/mol. The highest BCUT2D eigenvalue weighted by molar-refractivity contribution is 6.74. The average Bonchev–Trinajstić information content (AvgIpc) is 2.59. The van der Waals surface area contributed by atoms with Gasteiger partial charge in [0, 0.05) is 5.92 Å². The Hall–Kier alpha value is -0.933. The largest absolute Gasteiger partial charge is 0.410 e. The summed E-state index contributed by atoms with van der Waals surface area (Å²) in [5, 5.41) is 0.112. The van der Waals surface area contributed by atoms with Gasteiger partial charge in [-0.05, 0) is 82.0 Å². The first-order valence-corrected chi connectivity index (χ1v) is 14.4. The molecule has 3 rings (SSSR count). The van der Waals surface area contributed by atoms with E-state index < -0.39 is 8.32 Å². The zero-order valence-electron chi connectivity index (χ0n) is 20.4. The SMILES string of the molecule is C=C(C)[C@H]1C[C@@H]2C/C=C(\C)CC/C=C(\C)[C@H](O[Si](C)(C)C(C)(C)C)[C@H]1C(=O)[C@H]2C. The summed E-state index contributed by atoms with van der Waals surface area (Å²) in [6.45, 7) is 24.4. The van der Waals surface area contributed by atoms with Crippen LogP contribution in [0.25, 0.3) is 0 Å². The minimum Gasteiger partial charge on any atom is -0.410 e. The van der Waals surface area contributed by atoms with E-state index in [2.05, 4.69) is 80.3 Å². The third kappa shape index (κ3) is 5.41. The molecule has 5 atom stereocenters. The van der Waals surface area contributed by atoms with Crippen LogP contribution in [0.3, 0.4) is 0 Å². The molecule has 0 spiro atoms. The number of carbonyl (C=O) groups excluding carboxylic acids is 1. The van der Waals surface area contributed by atoms with Crippen molar-refractivity contribution in [3.05, 3.63) is 35.5 Å².